The number of carbonyl (C=O) groups excluding carboxylic acids is 1. The molecule has 0 aromatic carbocycles. The minimum Gasteiger partial charge on any atom is -0.323 e. The van der Waals surface area contributed by atoms with Gasteiger partial charge in [0.05, 0.1) is 5.69 Å². The predicted octanol–water partition coefficient (Wildman–Crippen LogP) is 1.54. The Hall–Kier alpha value is -1.35. The first-order valence-corrected chi connectivity index (χ1v) is 7.89. The number of halogens is 2. The number of nitrogens with zero attached hydrogens (tertiary/aromatic N) is 4. The van der Waals surface area contributed by atoms with Crippen molar-refractivity contribution < 1.29 is 4.79 Å². The van der Waals surface area contributed by atoms with E-state index in [1.54, 1.807) is 18.6 Å². The fourth-order valence-electron chi connectivity index (χ4n) is 2.17. The van der Waals surface area contributed by atoms with Crippen molar-refractivity contribution in [2.45, 2.75) is 12.5 Å². The van der Waals surface area contributed by atoms with Gasteiger partial charge in [0, 0.05) is 36.7 Å². The van der Waals surface area contributed by atoms with Crippen molar-refractivity contribution in [1.82, 2.24) is 25.1 Å². The SMILES string of the molecule is Cl.Cl.O=C(CC1CSCCN1)Nc1cccnc1-n1cncn1. The molecule has 23 heavy (non-hydrogen) atoms. The third-order valence-corrected chi connectivity index (χ3v) is 4.26. The third-order valence-electron chi connectivity index (χ3n) is 3.13. The fraction of sp³-hybridized carbons (Fsp3) is 0.385. The minimum atomic E-state index is -0.0237. The van der Waals surface area contributed by atoms with Gasteiger partial charge in [-0.2, -0.15) is 16.9 Å². The largest absolute Gasteiger partial charge is 0.323 e. The van der Waals surface area contributed by atoms with Crippen LogP contribution in [0.5, 0.6) is 0 Å². The Morgan fingerprint density at radius 3 is 3.04 bits per heavy atom. The van der Waals surface area contributed by atoms with Gasteiger partial charge in [-0.05, 0) is 12.1 Å². The van der Waals surface area contributed by atoms with Gasteiger partial charge in [-0.1, -0.05) is 0 Å². The first-order chi connectivity index (χ1) is 10.3. The number of hydrogen-bond acceptors (Lipinski definition) is 6. The molecule has 1 fully saturated rings. The van der Waals surface area contributed by atoms with E-state index in [9.17, 15) is 4.79 Å². The first kappa shape index (κ1) is 19.7. The highest BCUT2D eigenvalue weighted by Crippen LogP contribution is 2.17. The van der Waals surface area contributed by atoms with Crippen molar-refractivity contribution in [3.05, 3.63) is 31.0 Å². The summed E-state index contributed by atoms with van der Waals surface area (Å²) in [6, 6.07) is 3.82. The predicted molar refractivity (Wildman–Crippen MR) is 96.0 cm³/mol. The maximum atomic E-state index is 12.2. The van der Waals surface area contributed by atoms with Crippen LogP contribution < -0.4 is 10.6 Å². The molecule has 7 nitrogen and oxygen atoms in total. The van der Waals surface area contributed by atoms with E-state index in [4.69, 9.17) is 0 Å². The molecular formula is C13H18Cl2N6OS. The van der Waals surface area contributed by atoms with Crippen molar-refractivity contribution in [1.29, 1.82) is 0 Å². The van der Waals surface area contributed by atoms with Gasteiger partial charge in [0.1, 0.15) is 12.7 Å². The van der Waals surface area contributed by atoms with E-state index >= 15 is 0 Å². The van der Waals surface area contributed by atoms with Gasteiger partial charge in [0.15, 0.2) is 5.82 Å². The van der Waals surface area contributed by atoms with Gasteiger partial charge in [0.25, 0.3) is 0 Å². The molecule has 2 aromatic heterocycles. The molecule has 10 heteroatoms. The Balaban J connectivity index is 0.00000132. The van der Waals surface area contributed by atoms with Gasteiger partial charge in [-0.15, -0.1) is 24.8 Å². The van der Waals surface area contributed by atoms with Crippen LogP contribution in [0.3, 0.4) is 0 Å². The second-order valence-electron chi connectivity index (χ2n) is 4.69. The van der Waals surface area contributed by atoms with Crippen molar-refractivity contribution >= 4 is 48.2 Å². The lowest BCUT2D eigenvalue weighted by atomic mass is 10.2. The molecule has 1 amide bonds. The molecule has 0 spiro atoms. The molecule has 1 saturated heterocycles. The second kappa shape index (κ2) is 9.71. The molecule has 3 heterocycles. The fourth-order valence-corrected chi connectivity index (χ4v) is 3.12. The zero-order valence-electron chi connectivity index (χ0n) is 12.2. The number of aromatic nitrogens is 4. The summed E-state index contributed by atoms with van der Waals surface area (Å²) in [5.41, 5.74) is 0.636. The van der Waals surface area contributed by atoms with E-state index in [-0.39, 0.29) is 36.8 Å². The van der Waals surface area contributed by atoms with Gasteiger partial charge in [-0.3, -0.25) is 4.79 Å². The smallest absolute Gasteiger partial charge is 0.226 e. The van der Waals surface area contributed by atoms with E-state index in [0.717, 1.165) is 18.1 Å². The number of rotatable bonds is 4. The number of carbonyl (C=O) groups is 1. The molecule has 126 valence electrons. The number of thioether (sulfide) groups is 1. The van der Waals surface area contributed by atoms with E-state index in [2.05, 4.69) is 25.7 Å². The van der Waals surface area contributed by atoms with Crippen LogP contribution in [-0.4, -0.2) is 49.7 Å². The van der Waals surface area contributed by atoms with Crippen LogP contribution in [-0.2, 0) is 4.79 Å². The molecule has 1 aliphatic rings. The molecule has 0 aliphatic carbocycles. The molecule has 1 unspecified atom stereocenters. The Morgan fingerprint density at radius 2 is 2.35 bits per heavy atom. The zero-order valence-corrected chi connectivity index (χ0v) is 14.7. The normalized spacial score (nSPS) is 16.8. The van der Waals surface area contributed by atoms with Crippen molar-refractivity contribution in [2.24, 2.45) is 0 Å². The van der Waals surface area contributed by atoms with Crippen LogP contribution in [0, 0.1) is 0 Å². The minimum absolute atomic E-state index is 0. The average Bonchev–Trinajstić information content (AvgIpc) is 3.03. The van der Waals surface area contributed by atoms with E-state index in [1.807, 2.05) is 17.8 Å². The lowest BCUT2D eigenvalue weighted by molar-refractivity contribution is -0.116. The number of pyridine rings is 1. The van der Waals surface area contributed by atoms with Gasteiger partial charge >= 0.3 is 0 Å². The summed E-state index contributed by atoms with van der Waals surface area (Å²) in [6.45, 7) is 0.958. The summed E-state index contributed by atoms with van der Waals surface area (Å²) in [4.78, 5) is 20.3. The summed E-state index contributed by atoms with van der Waals surface area (Å²) in [5.74, 6) is 2.62. The third kappa shape index (κ3) is 5.35. The molecule has 0 saturated carbocycles. The van der Waals surface area contributed by atoms with E-state index in [0.29, 0.717) is 17.9 Å². The molecule has 0 bridgehead atoms. The Bertz CT molecular complexity index is 606. The first-order valence-electron chi connectivity index (χ1n) is 6.74. The molecule has 0 radical (unpaired) electrons. The molecule has 1 aliphatic heterocycles. The highest BCUT2D eigenvalue weighted by Gasteiger charge is 2.18. The monoisotopic (exact) mass is 376 g/mol. The lowest BCUT2D eigenvalue weighted by Gasteiger charge is -2.22. The number of nitrogens with one attached hydrogen (secondary N) is 2. The van der Waals surface area contributed by atoms with Crippen LogP contribution in [0.25, 0.3) is 5.82 Å². The van der Waals surface area contributed by atoms with Gasteiger partial charge in [0.2, 0.25) is 5.91 Å². The highest BCUT2D eigenvalue weighted by molar-refractivity contribution is 7.99. The maximum absolute atomic E-state index is 12.2. The number of anilines is 1. The van der Waals surface area contributed by atoms with Crippen molar-refractivity contribution in [3.63, 3.8) is 0 Å². The molecule has 1 atom stereocenters. The molecular weight excluding hydrogens is 359 g/mol. The van der Waals surface area contributed by atoms with Crippen LogP contribution in [0.2, 0.25) is 0 Å². The summed E-state index contributed by atoms with van der Waals surface area (Å²) < 4.78 is 1.53. The number of hydrogen-bond donors (Lipinski definition) is 2. The van der Waals surface area contributed by atoms with Crippen LogP contribution in [0.15, 0.2) is 31.0 Å². The molecule has 3 rings (SSSR count). The molecule has 2 aromatic rings. The Morgan fingerprint density at radius 1 is 1.48 bits per heavy atom. The van der Waals surface area contributed by atoms with Crippen LogP contribution >= 0.6 is 36.6 Å². The maximum Gasteiger partial charge on any atom is 0.226 e. The van der Waals surface area contributed by atoms with Crippen molar-refractivity contribution in [2.75, 3.05) is 23.4 Å². The van der Waals surface area contributed by atoms with Gasteiger partial charge in [-0.25, -0.2) is 14.6 Å². The summed E-state index contributed by atoms with van der Waals surface area (Å²) in [6.07, 6.45) is 5.10. The highest BCUT2D eigenvalue weighted by atomic mass is 35.5. The topological polar surface area (TPSA) is 84.7 Å². The van der Waals surface area contributed by atoms with E-state index < -0.39 is 0 Å². The molecule has 2 N–H and O–H groups in total. The van der Waals surface area contributed by atoms with Crippen LogP contribution in [0.1, 0.15) is 6.42 Å². The van der Waals surface area contributed by atoms with Gasteiger partial charge < -0.3 is 10.6 Å². The van der Waals surface area contributed by atoms with Crippen LogP contribution in [0.4, 0.5) is 5.69 Å². The Kier molecular flexibility index (Phi) is 8.32. The summed E-state index contributed by atoms with van der Waals surface area (Å²) in [7, 11) is 0. The summed E-state index contributed by atoms with van der Waals surface area (Å²) >= 11 is 1.88. The zero-order chi connectivity index (χ0) is 14.5. The quantitative estimate of drug-likeness (QED) is 0.841. The standard InChI is InChI=1S/C13H16N6OS.2ClH/c20-12(6-10-7-21-5-4-15-10)18-11-2-1-3-16-13(11)19-9-14-8-17-19;;/h1-3,8-10,15H,4-7H2,(H,18,20);2*1H. The second-order valence-corrected chi connectivity index (χ2v) is 5.84. The van der Waals surface area contributed by atoms with E-state index in [1.165, 1.54) is 11.0 Å². The average molecular weight is 377 g/mol. The summed E-state index contributed by atoms with van der Waals surface area (Å²) in [5, 5.41) is 10.3. The Labute approximate surface area is 150 Å². The number of amides is 1. The van der Waals surface area contributed by atoms with Crippen molar-refractivity contribution in [3.8, 4) is 5.82 Å². The lowest BCUT2D eigenvalue weighted by Crippen LogP contribution is -2.40.